The standard InChI is InChI=1S/C11H25NO/c1-10(2,3)11(4,5)9-12-7-6-8-13/h12-13H,6-9H2,1-5H3. The lowest BCUT2D eigenvalue weighted by atomic mass is 9.69. The summed E-state index contributed by atoms with van der Waals surface area (Å²) in [6.07, 6.45) is 0.847. The minimum absolute atomic E-state index is 0.281. The summed E-state index contributed by atoms with van der Waals surface area (Å²) in [6.45, 7) is 13.6. The molecule has 0 aromatic carbocycles. The van der Waals surface area contributed by atoms with E-state index in [4.69, 9.17) is 5.11 Å². The molecule has 0 rings (SSSR count). The third-order valence-corrected chi connectivity index (χ3v) is 3.11. The lowest BCUT2D eigenvalue weighted by Crippen LogP contribution is -2.39. The summed E-state index contributed by atoms with van der Waals surface area (Å²) >= 11 is 0. The summed E-state index contributed by atoms with van der Waals surface area (Å²) in [6, 6.07) is 0. The molecule has 2 N–H and O–H groups in total. The SMILES string of the molecule is CC(C)(C)C(C)(C)CNCCCO. The van der Waals surface area contributed by atoms with E-state index >= 15 is 0 Å². The molecule has 13 heavy (non-hydrogen) atoms. The van der Waals surface area contributed by atoms with Crippen molar-refractivity contribution in [2.45, 2.75) is 41.0 Å². The molecule has 0 spiro atoms. The van der Waals surface area contributed by atoms with Gasteiger partial charge in [-0.25, -0.2) is 0 Å². The van der Waals surface area contributed by atoms with Crippen LogP contribution in [-0.2, 0) is 0 Å². The summed E-state index contributed by atoms with van der Waals surface area (Å²) in [5.41, 5.74) is 0.613. The van der Waals surface area contributed by atoms with Crippen molar-refractivity contribution in [2.75, 3.05) is 19.7 Å². The van der Waals surface area contributed by atoms with Gasteiger partial charge in [0, 0.05) is 13.2 Å². The van der Waals surface area contributed by atoms with Crippen LogP contribution in [-0.4, -0.2) is 24.8 Å². The average Bonchev–Trinajstić information content (AvgIpc) is 1.96. The second-order valence-electron chi connectivity index (χ2n) is 5.39. The Hall–Kier alpha value is -0.0800. The third-order valence-electron chi connectivity index (χ3n) is 3.11. The first-order valence-electron chi connectivity index (χ1n) is 5.13. The van der Waals surface area contributed by atoms with Gasteiger partial charge < -0.3 is 10.4 Å². The maximum absolute atomic E-state index is 8.62. The molecule has 80 valence electrons. The molecule has 0 atom stereocenters. The average molecular weight is 187 g/mol. The molecule has 2 heteroatoms. The Bertz CT molecular complexity index is 136. The van der Waals surface area contributed by atoms with E-state index < -0.39 is 0 Å². The smallest absolute Gasteiger partial charge is 0.0443 e. The molecule has 0 bridgehead atoms. The van der Waals surface area contributed by atoms with E-state index in [1.165, 1.54) is 0 Å². The van der Waals surface area contributed by atoms with Gasteiger partial charge in [0.15, 0.2) is 0 Å². The van der Waals surface area contributed by atoms with E-state index in [1.807, 2.05) is 0 Å². The fourth-order valence-electron chi connectivity index (χ4n) is 0.870. The second kappa shape index (κ2) is 4.97. The van der Waals surface area contributed by atoms with Crippen molar-refractivity contribution in [3.05, 3.63) is 0 Å². The van der Waals surface area contributed by atoms with E-state index in [-0.39, 0.29) is 6.61 Å². The summed E-state index contributed by atoms with van der Waals surface area (Å²) in [5.74, 6) is 0. The van der Waals surface area contributed by atoms with Gasteiger partial charge in [-0.3, -0.25) is 0 Å². The molecule has 0 aliphatic heterocycles. The van der Waals surface area contributed by atoms with Crippen molar-refractivity contribution in [3.63, 3.8) is 0 Å². The summed E-state index contributed by atoms with van der Waals surface area (Å²) in [5, 5.41) is 12.0. The minimum atomic E-state index is 0.281. The van der Waals surface area contributed by atoms with Crippen LogP contribution in [0.5, 0.6) is 0 Å². The number of rotatable bonds is 5. The second-order valence-corrected chi connectivity index (χ2v) is 5.39. The molecule has 0 saturated carbocycles. The van der Waals surface area contributed by atoms with Gasteiger partial charge in [-0.15, -0.1) is 0 Å². The number of aliphatic hydroxyl groups excluding tert-OH is 1. The number of hydrogen-bond donors (Lipinski definition) is 2. The molecule has 0 heterocycles. The Labute approximate surface area is 82.7 Å². The first-order chi connectivity index (χ1) is 5.81. The van der Waals surface area contributed by atoms with Gasteiger partial charge in [-0.05, 0) is 23.8 Å². The number of nitrogens with one attached hydrogen (secondary N) is 1. The van der Waals surface area contributed by atoms with Crippen LogP contribution >= 0.6 is 0 Å². The summed E-state index contributed by atoms with van der Waals surface area (Å²) in [4.78, 5) is 0. The maximum atomic E-state index is 8.62. The number of aliphatic hydroxyl groups is 1. The Morgan fingerprint density at radius 3 is 2.00 bits per heavy atom. The van der Waals surface area contributed by atoms with Crippen molar-refractivity contribution in [3.8, 4) is 0 Å². The van der Waals surface area contributed by atoms with Gasteiger partial charge in [0.05, 0.1) is 0 Å². The molecule has 0 amide bonds. The van der Waals surface area contributed by atoms with Gasteiger partial charge in [-0.1, -0.05) is 34.6 Å². The van der Waals surface area contributed by atoms with Gasteiger partial charge in [0.25, 0.3) is 0 Å². The van der Waals surface area contributed by atoms with Gasteiger partial charge in [-0.2, -0.15) is 0 Å². The zero-order chi connectivity index (χ0) is 10.5. The van der Waals surface area contributed by atoms with Crippen molar-refractivity contribution in [2.24, 2.45) is 10.8 Å². The van der Waals surface area contributed by atoms with Crippen molar-refractivity contribution in [1.29, 1.82) is 0 Å². The van der Waals surface area contributed by atoms with Gasteiger partial charge in [0.1, 0.15) is 0 Å². The van der Waals surface area contributed by atoms with E-state index in [1.54, 1.807) is 0 Å². The Balaban J connectivity index is 3.77. The van der Waals surface area contributed by atoms with Crippen LogP contribution < -0.4 is 5.32 Å². The van der Waals surface area contributed by atoms with E-state index in [2.05, 4.69) is 39.9 Å². The quantitative estimate of drug-likeness (QED) is 0.645. The lowest BCUT2D eigenvalue weighted by molar-refractivity contribution is 0.128. The zero-order valence-corrected chi connectivity index (χ0v) is 9.78. The zero-order valence-electron chi connectivity index (χ0n) is 9.78. The third kappa shape index (κ3) is 4.63. The molecule has 0 aromatic rings. The molecule has 2 nitrogen and oxygen atoms in total. The molecular formula is C11H25NO. The van der Waals surface area contributed by atoms with Gasteiger partial charge >= 0.3 is 0 Å². The van der Waals surface area contributed by atoms with E-state index in [0.29, 0.717) is 10.8 Å². The molecule has 0 fully saturated rings. The van der Waals surface area contributed by atoms with Crippen LogP contribution in [0, 0.1) is 10.8 Å². The molecule has 0 saturated heterocycles. The molecule has 0 aliphatic rings. The summed E-state index contributed by atoms with van der Waals surface area (Å²) in [7, 11) is 0. The number of hydrogen-bond acceptors (Lipinski definition) is 2. The minimum Gasteiger partial charge on any atom is -0.396 e. The first kappa shape index (κ1) is 12.9. The van der Waals surface area contributed by atoms with Crippen LogP contribution in [0.1, 0.15) is 41.0 Å². The monoisotopic (exact) mass is 187 g/mol. The van der Waals surface area contributed by atoms with Crippen LogP contribution in [0.15, 0.2) is 0 Å². The van der Waals surface area contributed by atoms with E-state index in [0.717, 1.165) is 19.5 Å². The van der Waals surface area contributed by atoms with Crippen molar-refractivity contribution < 1.29 is 5.11 Å². The molecular weight excluding hydrogens is 162 g/mol. The van der Waals surface area contributed by atoms with Gasteiger partial charge in [0.2, 0.25) is 0 Å². The predicted molar refractivity (Wildman–Crippen MR) is 57.8 cm³/mol. The van der Waals surface area contributed by atoms with Crippen molar-refractivity contribution in [1.82, 2.24) is 5.32 Å². The largest absolute Gasteiger partial charge is 0.396 e. The fraction of sp³-hybridized carbons (Fsp3) is 1.00. The van der Waals surface area contributed by atoms with Crippen LogP contribution in [0.4, 0.5) is 0 Å². The van der Waals surface area contributed by atoms with Crippen LogP contribution in [0.3, 0.4) is 0 Å². The fourth-order valence-corrected chi connectivity index (χ4v) is 0.870. The predicted octanol–water partition coefficient (Wildman–Crippen LogP) is 2.03. The highest BCUT2D eigenvalue weighted by Gasteiger charge is 2.31. The molecule has 0 radical (unpaired) electrons. The van der Waals surface area contributed by atoms with Crippen LogP contribution in [0.2, 0.25) is 0 Å². The normalized spacial score (nSPS) is 13.4. The lowest BCUT2D eigenvalue weighted by Gasteiger charge is -2.39. The Kier molecular flexibility index (Phi) is 4.93. The summed E-state index contributed by atoms with van der Waals surface area (Å²) < 4.78 is 0. The topological polar surface area (TPSA) is 32.3 Å². The highest BCUT2D eigenvalue weighted by atomic mass is 16.3. The van der Waals surface area contributed by atoms with E-state index in [9.17, 15) is 0 Å². The first-order valence-corrected chi connectivity index (χ1v) is 5.13. The molecule has 0 aliphatic carbocycles. The Morgan fingerprint density at radius 1 is 1.08 bits per heavy atom. The molecule has 0 aromatic heterocycles. The highest BCUT2D eigenvalue weighted by molar-refractivity contribution is 4.84. The molecule has 0 unspecified atom stereocenters. The maximum Gasteiger partial charge on any atom is 0.0443 e. The van der Waals surface area contributed by atoms with Crippen molar-refractivity contribution >= 4 is 0 Å². The highest BCUT2D eigenvalue weighted by Crippen LogP contribution is 2.36. The van der Waals surface area contributed by atoms with Crippen LogP contribution in [0.25, 0.3) is 0 Å². The Morgan fingerprint density at radius 2 is 1.62 bits per heavy atom.